The second-order valence-corrected chi connectivity index (χ2v) is 19.0. The van der Waals surface area contributed by atoms with Gasteiger partial charge in [-0.1, -0.05) is 66.5 Å². The van der Waals surface area contributed by atoms with Gasteiger partial charge in [-0.2, -0.15) is 0 Å². The zero-order valence-corrected chi connectivity index (χ0v) is 40.6. The van der Waals surface area contributed by atoms with E-state index >= 15 is 0 Å². The molecule has 0 bridgehead atoms. The average molecular weight is 878 g/mol. The van der Waals surface area contributed by atoms with Gasteiger partial charge in [-0.05, 0) is 70.9 Å². The minimum atomic E-state index is -1.83. The predicted molar refractivity (Wildman–Crippen MR) is 246 cm³/mol. The fourth-order valence-electron chi connectivity index (χ4n) is 8.29. The molecule has 1 aliphatic carbocycles. The number of hydrogen-bond acceptors (Lipinski definition) is 5. The maximum atomic E-state index is 11.5. The van der Waals surface area contributed by atoms with Gasteiger partial charge in [0.1, 0.15) is 63.9 Å². The number of nitrogens with zero attached hydrogens (tertiary/aromatic N) is 2. The van der Waals surface area contributed by atoms with Crippen LogP contribution in [0.1, 0.15) is 113 Å². The second kappa shape index (κ2) is 26.5. The van der Waals surface area contributed by atoms with E-state index in [0.717, 1.165) is 86.7 Å². The molecule has 2 aromatic carbocycles. The van der Waals surface area contributed by atoms with Crippen molar-refractivity contribution >= 4 is 18.6 Å². The quantitative estimate of drug-likeness (QED) is 0.123. The number of phenolic OH excluding ortho intramolecular Hbond substituents is 2. The third-order valence-corrected chi connectivity index (χ3v) is 12.2. The van der Waals surface area contributed by atoms with E-state index in [0.29, 0.717) is 11.5 Å². The van der Waals surface area contributed by atoms with Gasteiger partial charge in [0.25, 0.3) is 0 Å². The molecule has 2 unspecified atom stereocenters. The van der Waals surface area contributed by atoms with Gasteiger partial charge in [0, 0.05) is 53.8 Å². The SMILES string of the molecule is C[NH+]1CC[NH+](CCCc2cc(C(C)(C)C)cc(C=NC3CCCCC3N=Cc3cc(C(C)(C)C)cc(CCC[NH+]4CC[NH+](C)CC4)c3O)c2O)CC1.O=C(O)O.[CH3-].[CH3-].[CH3-].[Cr]. The topological polar surface area (TPSA) is 140 Å². The molecular formula is C48H85CrN6O5+. The van der Waals surface area contributed by atoms with Crippen LogP contribution >= 0.6 is 0 Å². The van der Waals surface area contributed by atoms with Gasteiger partial charge in [0.15, 0.2) is 0 Å². The van der Waals surface area contributed by atoms with Crippen LogP contribution in [0.25, 0.3) is 0 Å². The minimum absolute atomic E-state index is 0. The Labute approximate surface area is 376 Å². The number of aliphatic imine (C=N–C) groups is 2. The number of rotatable bonds is 12. The number of benzene rings is 2. The summed E-state index contributed by atoms with van der Waals surface area (Å²) in [6.07, 6.45) is 10.2. The summed E-state index contributed by atoms with van der Waals surface area (Å²) in [6, 6.07) is 8.84. The summed E-state index contributed by atoms with van der Waals surface area (Å²) in [5.41, 5.74) is 6.17. The summed E-state index contributed by atoms with van der Waals surface area (Å²) in [6.45, 7) is 25.8. The summed E-state index contributed by atoms with van der Waals surface area (Å²) in [4.78, 5) is 25.5. The molecule has 0 spiro atoms. The van der Waals surface area contributed by atoms with Crippen LogP contribution in [-0.2, 0) is 41.0 Å². The predicted octanol–water partition coefficient (Wildman–Crippen LogP) is 2.80. The maximum absolute atomic E-state index is 11.5. The number of phenols is 2. The Hall–Kier alpha value is -2.98. The van der Waals surface area contributed by atoms with Crippen LogP contribution in [0.15, 0.2) is 34.3 Å². The van der Waals surface area contributed by atoms with Crippen molar-refractivity contribution in [2.75, 3.05) is 79.5 Å². The van der Waals surface area contributed by atoms with Crippen LogP contribution in [-0.4, -0.2) is 131 Å². The van der Waals surface area contributed by atoms with E-state index in [4.69, 9.17) is 25.0 Å². The van der Waals surface area contributed by atoms with Crippen LogP contribution in [0.4, 0.5) is 4.79 Å². The molecule has 342 valence electrons. The third-order valence-electron chi connectivity index (χ3n) is 12.2. The Kier molecular flexibility index (Phi) is 25.2. The van der Waals surface area contributed by atoms with Gasteiger partial charge in [0.05, 0.1) is 39.3 Å². The van der Waals surface area contributed by atoms with E-state index in [1.807, 2.05) is 12.4 Å². The standard InChI is InChI=1S/C44H70N6O2.CH2O3.3CH3.Cr/c1-43(2,3)37-27-33(13-11-17-49-23-19-47(7)20-24-49)41(51)35(29-37)31-45-39-15-9-10-16-40(39)46-32-36-30-38(44(4,5)6)28-34(42(36)52)14-12-18-50-25-21-48(8)22-26-50;2-1(3)4;;;;/h27-32,39-40,51-52H,9-26H2,1-8H3;(H2,2,3,4);3*1H3;/q;;3*-1;/p+4. The van der Waals surface area contributed by atoms with E-state index in [1.54, 1.807) is 19.6 Å². The molecule has 3 aliphatic rings. The van der Waals surface area contributed by atoms with E-state index in [-0.39, 0.29) is 62.6 Å². The van der Waals surface area contributed by atoms with Gasteiger partial charge in [-0.25, -0.2) is 4.79 Å². The molecule has 0 amide bonds. The first-order valence-corrected chi connectivity index (χ1v) is 21.4. The molecule has 0 radical (unpaired) electrons. The molecule has 8 N–H and O–H groups in total. The first kappa shape index (κ1) is 57.0. The third kappa shape index (κ3) is 18.2. The molecule has 60 heavy (non-hydrogen) atoms. The van der Waals surface area contributed by atoms with Crippen molar-refractivity contribution in [2.24, 2.45) is 9.98 Å². The molecular weight excluding hydrogens is 793 g/mol. The number of hydrogen-bond donors (Lipinski definition) is 8. The van der Waals surface area contributed by atoms with Crippen molar-refractivity contribution in [1.82, 2.24) is 0 Å². The number of quaternary nitrogens is 4. The van der Waals surface area contributed by atoms with Crippen LogP contribution < -0.4 is 19.6 Å². The average Bonchev–Trinajstić information content (AvgIpc) is 3.12. The van der Waals surface area contributed by atoms with Crippen molar-refractivity contribution in [3.8, 4) is 11.5 Å². The first-order valence-electron chi connectivity index (χ1n) is 21.4. The molecule has 2 aromatic rings. The molecule has 12 heteroatoms. The molecule has 3 fully saturated rings. The smallest absolute Gasteiger partial charge is 0.503 e. The fourth-order valence-corrected chi connectivity index (χ4v) is 8.29. The van der Waals surface area contributed by atoms with Crippen molar-refractivity contribution < 1.29 is 62.2 Å². The van der Waals surface area contributed by atoms with Gasteiger partial charge < -0.3 is 62.3 Å². The molecule has 11 nitrogen and oxygen atoms in total. The van der Waals surface area contributed by atoms with Crippen molar-refractivity contribution in [3.05, 3.63) is 79.9 Å². The monoisotopic (exact) mass is 878 g/mol. The maximum Gasteiger partial charge on any atom is 0.503 e. The molecule has 2 saturated heterocycles. The Morgan fingerprint density at radius 2 is 0.950 bits per heavy atom. The fraction of sp³-hybridized carbons (Fsp3) is 0.625. The van der Waals surface area contributed by atoms with Gasteiger partial charge >= 0.3 is 6.16 Å². The summed E-state index contributed by atoms with van der Waals surface area (Å²) in [5.74, 6) is 0.773. The zero-order chi connectivity index (χ0) is 41.0. The summed E-state index contributed by atoms with van der Waals surface area (Å²) >= 11 is 0. The van der Waals surface area contributed by atoms with Gasteiger partial charge in [0.2, 0.25) is 0 Å². The molecule has 0 aromatic heterocycles. The molecule has 1 saturated carbocycles. The van der Waals surface area contributed by atoms with Crippen molar-refractivity contribution in [3.63, 3.8) is 0 Å². The Morgan fingerprint density at radius 3 is 1.25 bits per heavy atom. The molecule has 2 heterocycles. The normalized spacial score (nSPS) is 23.3. The van der Waals surface area contributed by atoms with Gasteiger partial charge in [-0.15, -0.1) is 0 Å². The minimum Gasteiger partial charge on any atom is -0.507 e. The van der Waals surface area contributed by atoms with Crippen molar-refractivity contribution in [2.45, 2.75) is 116 Å². The van der Waals surface area contributed by atoms with E-state index in [2.05, 4.69) is 79.9 Å². The Balaban J connectivity index is 0.00000416. The zero-order valence-electron chi connectivity index (χ0n) is 39.3. The number of aromatic hydroxyl groups is 2. The number of carbonyl (C=O) groups is 1. The summed E-state index contributed by atoms with van der Waals surface area (Å²) in [7, 11) is 4.59. The van der Waals surface area contributed by atoms with E-state index in [9.17, 15) is 10.2 Å². The molecule has 5 rings (SSSR count). The van der Waals surface area contributed by atoms with Crippen LogP contribution in [0.2, 0.25) is 0 Å². The van der Waals surface area contributed by atoms with Gasteiger partial charge in [-0.3, -0.25) is 9.98 Å². The van der Waals surface area contributed by atoms with Crippen LogP contribution in [0.5, 0.6) is 11.5 Å². The van der Waals surface area contributed by atoms with E-state index in [1.165, 1.54) is 63.5 Å². The van der Waals surface area contributed by atoms with Crippen LogP contribution in [0.3, 0.4) is 0 Å². The number of aryl methyl sites for hydroxylation is 2. The van der Waals surface area contributed by atoms with Crippen molar-refractivity contribution in [1.29, 1.82) is 0 Å². The first-order chi connectivity index (χ1) is 26.4. The second-order valence-electron chi connectivity index (χ2n) is 19.0. The summed E-state index contributed by atoms with van der Waals surface area (Å²) in [5, 5.41) is 37.0. The summed E-state index contributed by atoms with van der Waals surface area (Å²) < 4.78 is 0. The number of carboxylic acid groups (broad SMARTS) is 2. The Bertz CT molecular complexity index is 1500. The van der Waals surface area contributed by atoms with Crippen LogP contribution in [0, 0.1) is 22.3 Å². The number of likely N-dealkylation sites (N-methyl/N-ethyl adjacent to an activating group) is 2. The number of piperazine rings is 2. The largest absolute Gasteiger partial charge is 0.507 e. The van der Waals surface area contributed by atoms with E-state index < -0.39 is 6.16 Å². The number of nitrogens with one attached hydrogen (secondary N) is 4. The molecule has 2 atom stereocenters. The molecule has 2 aliphatic heterocycles. The Morgan fingerprint density at radius 1 is 0.633 bits per heavy atom.